The van der Waals surface area contributed by atoms with Gasteiger partial charge in [0.2, 0.25) is 0 Å². The molecule has 1 N–H and O–H groups in total. The van der Waals surface area contributed by atoms with Gasteiger partial charge >= 0.3 is 0 Å². The van der Waals surface area contributed by atoms with E-state index in [9.17, 15) is 5.11 Å². The SMILES string of the molecule is Cc1cc(C(C)(C)C)c(O)c(Cl)c1C. The molecule has 78 valence electrons. The third-order valence-corrected chi connectivity index (χ3v) is 3.02. The van der Waals surface area contributed by atoms with E-state index in [0.717, 1.165) is 16.7 Å². The van der Waals surface area contributed by atoms with Gasteiger partial charge in [-0.25, -0.2) is 0 Å². The molecule has 0 saturated carbocycles. The first-order valence-corrected chi connectivity index (χ1v) is 5.12. The van der Waals surface area contributed by atoms with Crippen LogP contribution in [0.15, 0.2) is 6.07 Å². The highest BCUT2D eigenvalue weighted by atomic mass is 35.5. The zero-order valence-corrected chi connectivity index (χ0v) is 10.2. The lowest BCUT2D eigenvalue weighted by Gasteiger charge is -2.22. The Morgan fingerprint density at radius 1 is 1.21 bits per heavy atom. The summed E-state index contributed by atoms with van der Waals surface area (Å²) in [7, 11) is 0. The first-order valence-electron chi connectivity index (χ1n) is 4.74. The van der Waals surface area contributed by atoms with Crippen LogP contribution in [-0.2, 0) is 5.41 Å². The fraction of sp³-hybridized carbons (Fsp3) is 0.500. The minimum Gasteiger partial charge on any atom is -0.506 e. The van der Waals surface area contributed by atoms with Gasteiger partial charge in [-0.05, 0) is 30.4 Å². The lowest BCUT2D eigenvalue weighted by atomic mass is 9.84. The Labute approximate surface area is 90.7 Å². The number of phenols is 1. The van der Waals surface area contributed by atoms with Crippen LogP contribution in [0.4, 0.5) is 0 Å². The molecule has 0 unspecified atom stereocenters. The molecule has 1 aromatic carbocycles. The van der Waals surface area contributed by atoms with Crippen molar-refractivity contribution in [1.29, 1.82) is 0 Å². The second-order valence-electron chi connectivity index (χ2n) is 4.78. The maximum Gasteiger partial charge on any atom is 0.138 e. The Morgan fingerprint density at radius 2 is 1.71 bits per heavy atom. The van der Waals surface area contributed by atoms with Gasteiger partial charge in [-0.1, -0.05) is 38.4 Å². The number of phenolic OH excluding ortho intramolecular Hbond substituents is 1. The van der Waals surface area contributed by atoms with Gasteiger partial charge in [0.1, 0.15) is 5.75 Å². The monoisotopic (exact) mass is 212 g/mol. The van der Waals surface area contributed by atoms with E-state index >= 15 is 0 Å². The molecule has 1 nitrogen and oxygen atoms in total. The minimum absolute atomic E-state index is 0.0772. The van der Waals surface area contributed by atoms with Crippen molar-refractivity contribution in [2.75, 3.05) is 0 Å². The molecule has 2 heteroatoms. The van der Waals surface area contributed by atoms with Crippen LogP contribution in [0.3, 0.4) is 0 Å². The molecule has 0 aliphatic carbocycles. The van der Waals surface area contributed by atoms with Crippen LogP contribution < -0.4 is 0 Å². The molecule has 14 heavy (non-hydrogen) atoms. The van der Waals surface area contributed by atoms with Crippen LogP contribution >= 0.6 is 11.6 Å². The molecule has 0 atom stereocenters. The van der Waals surface area contributed by atoms with Crippen molar-refractivity contribution in [3.63, 3.8) is 0 Å². The molecule has 0 spiro atoms. The molecule has 0 saturated heterocycles. The van der Waals surface area contributed by atoms with Crippen LogP contribution in [0.25, 0.3) is 0 Å². The second kappa shape index (κ2) is 3.47. The van der Waals surface area contributed by atoms with Gasteiger partial charge in [0.25, 0.3) is 0 Å². The summed E-state index contributed by atoms with van der Waals surface area (Å²) >= 11 is 6.04. The zero-order valence-electron chi connectivity index (χ0n) is 9.40. The van der Waals surface area contributed by atoms with Crippen molar-refractivity contribution in [3.05, 3.63) is 27.8 Å². The van der Waals surface area contributed by atoms with Crippen molar-refractivity contribution in [3.8, 4) is 5.75 Å². The summed E-state index contributed by atoms with van der Waals surface area (Å²) in [6.45, 7) is 10.1. The van der Waals surface area contributed by atoms with Gasteiger partial charge in [0.05, 0.1) is 5.02 Å². The summed E-state index contributed by atoms with van der Waals surface area (Å²) in [5.74, 6) is 0.224. The molecule has 0 radical (unpaired) electrons. The van der Waals surface area contributed by atoms with E-state index in [4.69, 9.17) is 11.6 Å². The fourth-order valence-corrected chi connectivity index (χ4v) is 1.68. The van der Waals surface area contributed by atoms with Crippen molar-refractivity contribution >= 4 is 11.6 Å². The van der Waals surface area contributed by atoms with Crippen molar-refractivity contribution in [2.45, 2.75) is 40.0 Å². The predicted octanol–water partition coefficient (Wildman–Crippen LogP) is 3.96. The van der Waals surface area contributed by atoms with Gasteiger partial charge in [-0.3, -0.25) is 0 Å². The number of aromatic hydroxyl groups is 1. The summed E-state index contributed by atoms with van der Waals surface area (Å²) < 4.78 is 0. The maximum absolute atomic E-state index is 9.91. The van der Waals surface area contributed by atoms with E-state index in [2.05, 4.69) is 20.8 Å². The zero-order chi connectivity index (χ0) is 11.1. The highest BCUT2D eigenvalue weighted by molar-refractivity contribution is 6.33. The predicted molar refractivity (Wildman–Crippen MR) is 61.3 cm³/mol. The van der Waals surface area contributed by atoms with Crippen LogP contribution in [-0.4, -0.2) is 5.11 Å². The number of hydrogen-bond acceptors (Lipinski definition) is 1. The van der Waals surface area contributed by atoms with E-state index < -0.39 is 0 Å². The summed E-state index contributed by atoms with van der Waals surface area (Å²) in [6, 6.07) is 2.01. The van der Waals surface area contributed by atoms with Crippen molar-refractivity contribution in [1.82, 2.24) is 0 Å². The molecular weight excluding hydrogens is 196 g/mol. The molecule has 0 heterocycles. The smallest absolute Gasteiger partial charge is 0.138 e. The Hall–Kier alpha value is -0.690. The molecule has 0 amide bonds. The van der Waals surface area contributed by atoms with E-state index in [1.165, 1.54) is 0 Å². The molecule has 1 rings (SSSR count). The number of benzene rings is 1. The average molecular weight is 213 g/mol. The van der Waals surface area contributed by atoms with E-state index in [-0.39, 0.29) is 11.2 Å². The van der Waals surface area contributed by atoms with E-state index in [0.29, 0.717) is 5.02 Å². The van der Waals surface area contributed by atoms with E-state index in [1.54, 1.807) is 0 Å². The van der Waals surface area contributed by atoms with E-state index in [1.807, 2.05) is 19.9 Å². The fourth-order valence-electron chi connectivity index (χ4n) is 1.43. The molecule has 0 aliphatic rings. The third kappa shape index (κ3) is 1.88. The lowest BCUT2D eigenvalue weighted by Crippen LogP contribution is -2.12. The number of halogens is 1. The van der Waals surface area contributed by atoms with Crippen LogP contribution in [0, 0.1) is 13.8 Å². The standard InChI is InChI=1S/C12H17ClO/c1-7-6-9(12(3,4)5)11(14)10(13)8(7)2/h6,14H,1-5H3. The summed E-state index contributed by atoms with van der Waals surface area (Å²) in [4.78, 5) is 0. The first-order chi connectivity index (χ1) is 6.25. The van der Waals surface area contributed by atoms with Gasteiger partial charge in [-0.15, -0.1) is 0 Å². The second-order valence-corrected chi connectivity index (χ2v) is 5.16. The Kier molecular flexibility index (Phi) is 2.82. The molecule has 0 fully saturated rings. The number of rotatable bonds is 0. The van der Waals surface area contributed by atoms with Gasteiger partial charge in [0.15, 0.2) is 0 Å². The summed E-state index contributed by atoms with van der Waals surface area (Å²) in [6.07, 6.45) is 0. The average Bonchev–Trinajstić information content (AvgIpc) is 2.06. The lowest BCUT2D eigenvalue weighted by molar-refractivity contribution is 0.446. The van der Waals surface area contributed by atoms with Gasteiger partial charge < -0.3 is 5.11 Å². The molecule has 1 aromatic rings. The Morgan fingerprint density at radius 3 is 2.14 bits per heavy atom. The normalized spacial score (nSPS) is 11.9. The number of hydrogen-bond donors (Lipinski definition) is 1. The highest BCUT2D eigenvalue weighted by Crippen LogP contribution is 2.39. The van der Waals surface area contributed by atoms with Gasteiger partial charge in [0, 0.05) is 5.56 Å². The Bertz CT molecular complexity index is 362. The third-order valence-electron chi connectivity index (χ3n) is 2.55. The summed E-state index contributed by atoms with van der Waals surface area (Å²) in [5.41, 5.74) is 2.91. The Balaban J connectivity index is 3.49. The van der Waals surface area contributed by atoms with Crippen molar-refractivity contribution in [2.24, 2.45) is 0 Å². The summed E-state index contributed by atoms with van der Waals surface area (Å²) in [5, 5.41) is 10.4. The first kappa shape index (κ1) is 11.4. The van der Waals surface area contributed by atoms with Crippen LogP contribution in [0.5, 0.6) is 5.75 Å². The topological polar surface area (TPSA) is 20.2 Å². The minimum atomic E-state index is -0.0772. The molecular formula is C12H17ClO. The maximum atomic E-state index is 9.91. The molecule has 0 aliphatic heterocycles. The molecule has 0 bridgehead atoms. The largest absolute Gasteiger partial charge is 0.506 e. The van der Waals surface area contributed by atoms with Gasteiger partial charge in [-0.2, -0.15) is 0 Å². The van der Waals surface area contributed by atoms with Crippen LogP contribution in [0.1, 0.15) is 37.5 Å². The quantitative estimate of drug-likeness (QED) is 0.690. The molecule has 0 aromatic heterocycles. The highest BCUT2D eigenvalue weighted by Gasteiger charge is 2.21. The number of aryl methyl sites for hydroxylation is 1. The van der Waals surface area contributed by atoms with Crippen LogP contribution in [0.2, 0.25) is 5.02 Å². The van der Waals surface area contributed by atoms with Crippen molar-refractivity contribution < 1.29 is 5.11 Å².